The Balaban J connectivity index is 0.000000152. The number of aromatic nitrogens is 14. The zero-order chi connectivity index (χ0) is 102. The molecule has 760 valence electrons. The molecule has 0 bridgehead atoms. The Morgan fingerprint density at radius 3 is 1.01 bits per heavy atom. The van der Waals surface area contributed by atoms with E-state index in [-0.39, 0.29) is 60.0 Å². The number of nitrogen functional groups attached to an aromatic ring is 2. The van der Waals surface area contributed by atoms with E-state index in [1.165, 1.54) is 82.7 Å². The summed E-state index contributed by atoms with van der Waals surface area (Å²) in [6, 6.07) is 46.7. The second-order valence-electron chi connectivity index (χ2n) is 35.3. The first-order valence-electron chi connectivity index (χ1n) is 47.8. The topological polar surface area (TPSA) is 377 Å². The van der Waals surface area contributed by atoms with E-state index < -0.39 is 17.6 Å². The lowest BCUT2D eigenvalue weighted by molar-refractivity contribution is -0.141. The number of pyridine rings is 6. The van der Waals surface area contributed by atoms with E-state index in [4.69, 9.17) is 60.2 Å². The number of ether oxygens (including phenoxy) is 6. The van der Waals surface area contributed by atoms with Crippen molar-refractivity contribution in [3.05, 3.63) is 262 Å². The van der Waals surface area contributed by atoms with Crippen LogP contribution >= 0.6 is 90.4 Å². The third kappa shape index (κ3) is 29.4. The van der Waals surface area contributed by atoms with Crippen LogP contribution in [0.2, 0.25) is 0 Å². The molecule has 0 radical (unpaired) electrons. The third-order valence-corrected chi connectivity index (χ3v) is 28.7. The summed E-state index contributed by atoms with van der Waals surface area (Å²) in [7, 11) is 9.70. The van der Waals surface area contributed by atoms with Crippen molar-refractivity contribution >= 4 is 177 Å². The number of ketones is 2. The lowest BCUT2D eigenvalue weighted by Gasteiger charge is -2.35. The average Bonchev–Trinajstić information content (AvgIpc) is 1.61. The van der Waals surface area contributed by atoms with Gasteiger partial charge in [0.2, 0.25) is 5.95 Å². The number of halogens is 7. The number of nitrogens with zero attached hydrogens (tertiary/aromatic N) is 19. The zero-order valence-corrected chi connectivity index (χ0v) is 90.0. The van der Waals surface area contributed by atoms with Gasteiger partial charge in [0.15, 0.2) is 35.4 Å². The summed E-state index contributed by atoms with van der Waals surface area (Å²) in [5, 5.41) is 20.1. The second-order valence-corrected chi connectivity index (χ2v) is 40.3. The van der Waals surface area contributed by atoms with Gasteiger partial charge in [-0.1, -0.05) is 48.5 Å². The largest absolute Gasteiger partial charge is 0.496 e. The minimum absolute atomic E-state index is 0.0724. The van der Waals surface area contributed by atoms with Crippen molar-refractivity contribution < 1.29 is 65.9 Å². The highest BCUT2D eigenvalue weighted by molar-refractivity contribution is 14.1. The molecule has 19 rings (SSSR count). The van der Waals surface area contributed by atoms with Gasteiger partial charge in [0.1, 0.15) is 100 Å². The minimum Gasteiger partial charge on any atom is -0.496 e. The quantitative estimate of drug-likeness (QED) is 0.0135. The van der Waals surface area contributed by atoms with E-state index in [9.17, 15) is 32.3 Å². The molecule has 0 unspecified atom stereocenters. The molecule has 4 aromatic carbocycles. The first-order valence-corrected chi connectivity index (χ1v) is 52.1. The summed E-state index contributed by atoms with van der Waals surface area (Å²) in [6.07, 6.45) is 26.6. The fourth-order valence-corrected chi connectivity index (χ4v) is 19.3. The Morgan fingerprint density at radius 2 is 0.724 bits per heavy atom. The number of aryl methyl sites for hydroxylation is 2. The fourth-order valence-electron chi connectivity index (χ4n) is 18.0. The van der Waals surface area contributed by atoms with Gasteiger partial charge < -0.3 is 79.1 Å². The van der Waals surface area contributed by atoms with Gasteiger partial charge in [-0.15, -0.1) is 0 Å². The molecule has 0 atom stereocenters. The molecule has 5 aliphatic heterocycles. The molecule has 15 heterocycles. The monoisotopic (exact) mass is 2420 g/mol. The van der Waals surface area contributed by atoms with Gasteiger partial charge in [-0.25, -0.2) is 68.0 Å². The van der Waals surface area contributed by atoms with E-state index in [1.807, 2.05) is 97.5 Å². The van der Waals surface area contributed by atoms with Crippen LogP contribution in [0.1, 0.15) is 109 Å². The number of benzene rings is 4. The maximum atomic E-state index is 13.8. The molecular weight excluding hydrogens is 2310 g/mol. The lowest BCUT2D eigenvalue weighted by atomic mass is 9.96. The molecular formula is C106H116F3I4N21O11. The highest BCUT2D eigenvalue weighted by atomic mass is 127. The number of aliphatic hydroxyl groups is 1. The Bertz CT molecular complexity index is 6500. The van der Waals surface area contributed by atoms with Crippen molar-refractivity contribution in [1.82, 2.24) is 69.4 Å². The van der Waals surface area contributed by atoms with Crippen LogP contribution in [-0.2, 0) is 41.4 Å². The number of aliphatic hydroxyl groups excluding tert-OH is 1. The number of nitrogens with two attached hydrogens (primary N) is 2. The number of hydrogen-bond donors (Lipinski definition) is 3. The predicted molar refractivity (Wildman–Crippen MR) is 587 cm³/mol. The first kappa shape index (κ1) is 109. The van der Waals surface area contributed by atoms with Gasteiger partial charge in [0.25, 0.3) is 0 Å². The molecule has 10 aromatic heterocycles. The highest BCUT2D eigenvalue weighted by Gasteiger charge is 2.32. The molecule has 5 saturated heterocycles. The highest BCUT2D eigenvalue weighted by Crippen LogP contribution is 2.38. The van der Waals surface area contributed by atoms with Crippen molar-refractivity contribution in [2.75, 3.05) is 151 Å². The smallest absolute Gasteiger partial charge is 0.212 e. The molecule has 145 heavy (non-hydrogen) atoms. The first-order chi connectivity index (χ1) is 70.4. The SMILES string of the molecule is COC(OC)C1CCN(c2ccc(I)cn2)CC1.COc1ccc(F)cc1C(=O)CCc1ccc(-c2nn(-c3ccc(N4CCC(C(OC)OC)CC4)nc3)c3ncnc(N)c23)cc1.COc1ccc(F)cc1C(=O)CCc1ccc(-c2nn(-c3ccc(N4CCC(C=O)CC4)nc3)c3ncnc(N)c23)cc1.Fc1ccc(I)cn1.O=CC1CCN(c2ccc(I)cn2)CC1.OCC1CCN(c2ccc(I)cn2)CC1. The summed E-state index contributed by atoms with van der Waals surface area (Å²) in [4.78, 5) is 102. The lowest BCUT2D eigenvalue weighted by Crippen LogP contribution is -2.39. The molecule has 5 fully saturated rings. The number of piperidine rings is 5. The molecule has 39 heteroatoms. The zero-order valence-electron chi connectivity index (χ0n) is 81.3. The van der Waals surface area contributed by atoms with Crippen molar-refractivity contribution in [2.24, 2.45) is 29.6 Å². The van der Waals surface area contributed by atoms with E-state index >= 15 is 0 Å². The van der Waals surface area contributed by atoms with Crippen LogP contribution in [0.5, 0.6) is 11.5 Å². The summed E-state index contributed by atoms with van der Waals surface area (Å²) < 4.78 is 79.4. The van der Waals surface area contributed by atoms with Crippen LogP contribution in [0.4, 0.5) is 53.9 Å². The molecule has 0 aliphatic carbocycles. The number of rotatable bonds is 28. The van der Waals surface area contributed by atoms with Crippen LogP contribution in [0.3, 0.4) is 0 Å². The van der Waals surface area contributed by atoms with E-state index in [0.29, 0.717) is 93.8 Å². The number of carbonyl (C=O) groups excluding carboxylic acids is 4. The summed E-state index contributed by atoms with van der Waals surface area (Å²) in [5.41, 5.74) is 20.5. The fraction of sp³-hybridized carbons (Fsp3) is 0.358. The number of aldehydes is 2. The van der Waals surface area contributed by atoms with E-state index in [0.717, 1.165) is 212 Å². The van der Waals surface area contributed by atoms with Crippen LogP contribution in [0.15, 0.2) is 208 Å². The summed E-state index contributed by atoms with van der Waals surface area (Å²) in [6.45, 7) is 9.57. The molecule has 5 N–H and O–H groups in total. The maximum absolute atomic E-state index is 13.8. The standard InChI is InChI=1S/C34H36FN7O4.C32H30FN7O3.C13H19IN2O2.C11H15IN2O.C11H13IN2O.C5H3FIN/c1-44-28-12-9-24(35)18-26(28)27(43)11-6-21-4-7-22(8-5-21)31-30-32(36)38-20-39-33(30)42(40-31)25-10-13-29(37-19-25)41-16-14-23(15-17-41)34(45-2)46-3;1-43-27-10-7-23(33)16-25(27)26(42)9-4-20-2-5-22(6-3-20)30-29-31(34)36-19-37-32(29)40(38-30)24-8-11-28(35-17-24)39-14-12-21(18-41)13-15-39;1-17-13(18-2)10-5-7-16(8-6-10)12-4-3-11(14)9-15-12;2*12-10-1-2-11(13-7-10)14-5-3-9(8-15)4-6-14;6-5-2-1-4(7)3-8-5/h4-5,7-10,12-13,18-20,23,34H,6,11,14-17H2,1-3H3,(H2,36,38,39);2-3,5-8,10-11,16-19,21H,4,9,12-15H2,1H3,(H2,34,36,37);3-4,9-10,13H,5-8H2,1-2H3;1-2,7,9,15H,3-6,8H2;1-2,7-9H,3-6H2;1-3H. The summed E-state index contributed by atoms with van der Waals surface area (Å²) in [5.74, 6) is 6.19. The van der Waals surface area contributed by atoms with Crippen LogP contribution in [-0.4, -0.2) is 226 Å². The van der Waals surface area contributed by atoms with Gasteiger partial charge in [-0.05, 0) is 294 Å². The van der Waals surface area contributed by atoms with Crippen molar-refractivity contribution in [3.8, 4) is 45.4 Å². The molecule has 0 amide bonds. The Kier molecular flexibility index (Phi) is 40.7. The number of carbonyl (C=O) groups is 4. The van der Waals surface area contributed by atoms with Gasteiger partial charge in [0.05, 0.1) is 59.9 Å². The normalized spacial score (nSPS) is 14.9. The second kappa shape index (κ2) is 54.1. The van der Waals surface area contributed by atoms with Crippen LogP contribution in [0, 0.1) is 61.5 Å². The van der Waals surface area contributed by atoms with Gasteiger partial charge >= 0.3 is 0 Å². The average molecular weight is 2420 g/mol. The van der Waals surface area contributed by atoms with E-state index in [1.54, 1.807) is 56.3 Å². The number of hydrogen-bond acceptors (Lipinski definition) is 30. The Morgan fingerprint density at radius 1 is 0.400 bits per heavy atom. The van der Waals surface area contributed by atoms with Crippen LogP contribution < -0.4 is 45.4 Å². The molecule has 5 aliphatic rings. The van der Waals surface area contributed by atoms with Gasteiger partial charge in [0, 0.05) is 187 Å². The van der Waals surface area contributed by atoms with Crippen molar-refractivity contribution in [2.45, 2.75) is 102 Å². The minimum atomic E-state index is -0.481. The van der Waals surface area contributed by atoms with Crippen LogP contribution in [0.25, 0.3) is 56.0 Å². The Labute approximate surface area is 894 Å². The van der Waals surface area contributed by atoms with Crippen molar-refractivity contribution in [1.29, 1.82) is 0 Å². The predicted octanol–water partition coefficient (Wildman–Crippen LogP) is 18.4. The maximum Gasteiger partial charge on any atom is 0.212 e. The van der Waals surface area contributed by atoms with E-state index in [2.05, 4.69) is 190 Å². The summed E-state index contributed by atoms with van der Waals surface area (Å²) >= 11 is 8.85. The molecule has 32 nitrogen and oxygen atoms in total. The van der Waals surface area contributed by atoms with Gasteiger partial charge in [-0.3, -0.25) is 9.59 Å². The molecule has 0 saturated carbocycles. The molecule has 14 aromatic rings. The number of anilines is 7. The number of Topliss-reactive ketones (excluding diaryl/α,β-unsaturated/α-hetero) is 2. The third-order valence-electron chi connectivity index (χ3n) is 26.2. The number of fused-ring (bicyclic) bond motifs is 2. The molecule has 0 spiro atoms. The van der Waals surface area contributed by atoms with Gasteiger partial charge in [-0.2, -0.15) is 14.6 Å². The van der Waals surface area contributed by atoms with Crippen molar-refractivity contribution in [3.63, 3.8) is 0 Å². The number of methoxy groups -OCH3 is 6. The Hall–Kier alpha value is -11.7.